The fraction of sp³-hybridized carbons (Fsp3) is 0.571. The van der Waals surface area contributed by atoms with Gasteiger partial charge in [0.25, 0.3) is 0 Å². The average molecular weight is 253 g/mol. The molecule has 0 amide bonds. The van der Waals surface area contributed by atoms with Crippen LogP contribution >= 0.6 is 11.8 Å². The van der Waals surface area contributed by atoms with Crippen LogP contribution in [0.4, 0.5) is 4.39 Å². The molecule has 0 saturated heterocycles. The number of nitrogens with two attached hydrogens (primary N) is 1. The molecule has 1 saturated carbocycles. The minimum atomic E-state index is -0.170. The van der Waals surface area contributed by atoms with Crippen LogP contribution in [0.2, 0.25) is 0 Å². The van der Waals surface area contributed by atoms with E-state index in [4.69, 9.17) is 5.73 Å². The first-order valence-corrected chi connectivity index (χ1v) is 7.31. The van der Waals surface area contributed by atoms with Crippen molar-refractivity contribution in [2.45, 2.75) is 54.7 Å². The third-order valence-electron chi connectivity index (χ3n) is 3.35. The molecule has 1 fully saturated rings. The summed E-state index contributed by atoms with van der Waals surface area (Å²) in [5.41, 5.74) is 6.23. The molecule has 0 bridgehead atoms. The van der Waals surface area contributed by atoms with Gasteiger partial charge in [-0.15, -0.1) is 11.8 Å². The van der Waals surface area contributed by atoms with Crippen molar-refractivity contribution in [1.29, 1.82) is 0 Å². The minimum Gasteiger partial charge on any atom is -0.327 e. The van der Waals surface area contributed by atoms with Crippen molar-refractivity contribution >= 4 is 11.8 Å². The molecular weight excluding hydrogens is 233 g/mol. The van der Waals surface area contributed by atoms with Crippen LogP contribution in [0.5, 0.6) is 0 Å². The zero-order valence-corrected chi connectivity index (χ0v) is 10.9. The molecule has 0 radical (unpaired) electrons. The Morgan fingerprint density at radius 1 is 1.00 bits per heavy atom. The molecular formula is C14H20FNS. The molecule has 0 aliphatic heterocycles. The summed E-state index contributed by atoms with van der Waals surface area (Å²) in [6.45, 7) is 0. The molecule has 0 spiro atoms. The maximum absolute atomic E-state index is 12.8. The molecule has 0 aromatic heterocycles. The van der Waals surface area contributed by atoms with Gasteiger partial charge in [0.05, 0.1) is 0 Å². The van der Waals surface area contributed by atoms with Crippen molar-refractivity contribution < 1.29 is 4.39 Å². The third-order valence-corrected chi connectivity index (χ3v) is 4.79. The molecule has 2 rings (SSSR count). The van der Waals surface area contributed by atoms with Crippen LogP contribution in [0.25, 0.3) is 0 Å². The lowest BCUT2D eigenvalue weighted by molar-refractivity contribution is 0.463. The van der Waals surface area contributed by atoms with E-state index in [9.17, 15) is 4.39 Å². The van der Waals surface area contributed by atoms with Crippen molar-refractivity contribution in [2.75, 3.05) is 0 Å². The molecule has 0 heterocycles. The van der Waals surface area contributed by atoms with Gasteiger partial charge < -0.3 is 5.73 Å². The lowest BCUT2D eigenvalue weighted by Gasteiger charge is -2.25. The molecule has 1 aromatic carbocycles. The van der Waals surface area contributed by atoms with Crippen molar-refractivity contribution in [3.8, 4) is 0 Å². The van der Waals surface area contributed by atoms with Gasteiger partial charge in [-0.2, -0.15) is 0 Å². The highest BCUT2D eigenvalue weighted by atomic mass is 32.2. The zero-order chi connectivity index (χ0) is 12.1. The Balaban J connectivity index is 1.97. The largest absolute Gasteiger partial charge is 0.327 e. The standard InChI is InChI=1S/C14H20FNS/c15-11-7-9-12(10-8-11)17-14-6-4-2-1-3-5-13(14)16/h7-10,13-14H,1-6,16H2. The van der Waals surface area contributed by atoms with Gasteiger partial charge >= 0.3 is 0 Å². The van der Waals surface area contributed by atoms with Crippen LogP contribution in [-0.2, 0) is 0 Å². The minimum absolute atomic E-state index is 0.170. The van der Waals surface area contributed by atoms with Gasteiger partial charge in [-0.25, -0.2) is 4.39 Å². The van der Waals surface area contributed by atoms with Gasteiger partial charge in [-0.3, -0.25) is 0 Å². The molecule has 1 aliphatic rings. The summed E-state index contributed by atoms with van der Waals surface area (Å²) in [6.07, 6.45) is 7.48. The van der Waals surface area contributed by atoms with Crippen LogP contribution < -0.4 is 5.73 Å². The fourth-order valence-electron chi connectivity index (χ4n) is 2.31. The number of rotatable bonds is 2. The number of hydrogen-bond donors (Lipinski definition) is 1. The summed E-state index contributed by atoms with van der Waals surface area (Å²) in [5, 5.41) is 0.487. The summed E-state index contributed by atoms with van der Waals surface area (Å²) >= 11 is 1.81. The van der Waals surface area contributed by atoms with E-state index in [1.807, 2.05) is 23.9 Å². The van der Waals surface area contributed by atoms with E-state index in [-0.39, 0.29) is 11.9 Å². The maximum atomic E-state index is 12.8. The Morgan fingerprint density at radius 2 is 1.65 bits per heavy atom. The predicted molar refractivity (Wildman–Crippen MR) is 71.7 cm³/mol. The SMILES string of the molecule is NC1CCCCCCC1Sc1ccc(F)cc1. The Kier molecular flexibility index (Phi) is 4.86. The molecule has 17 heavy (non-hydrogen) atoms. The second-order valence-electron chi connectivity index (χ2n) is 4.77. The van der Waals surface area contributed by atoms with Gasteiger partial charge in [0, 0.05) is 16.2 Å². The van der Waals surface area contributed by atoms with Gasteiger partial charge in [-0.1, -0.05) is 25.7 Å². The van der Waals surface area contributed by atoms with E-state index in [0.29, 0.717) is 5.25 Å². The lowest BCUT2D eigenvalue weighted by atomic mass is 9.97. The lowest BCUT2D eigenvalue weighted by Crippen LogP contribution is -2.33. The van der Waals surface area contributed by atoms with E-state index < -0.39 is 0 Å². The molecule has 1 nitrogen and oxygen atoms in total. The highest BCUT2D eigenvalue weighted by Gasteiger charge is 2.20. The molecule has 2 atom stereocenters. The topological polar surface area (TPSA) is 26.0 Å². The second kappa shape index (κ2) is 6.41. The first kappa shape index (κ1) is 12.9. The Morgan fingerprint density at radius 3 is 2.35 bits per heavy atom. The summed E-state index contributed by atoms with van der Waals surface area (Å²) in [7, 11) is 0. The van der Waals surface area contributed by atoms with Crippen molar-refractivity contribution in [2.24, 2.45) is 5.73 Å². The predicted octanol–water partition coefficient (Wildman–Crippen LogP) is 3.97. The quantitative estimate of drug-likeness (QED) is 0.863. The zero-order valence-electron chi connectivity index (χ0n) is 10.1. The number of benzene rings is 1. The van der Waals surface area contributed by atoms with Gasteiger partial charge in [0.1, 0.15) is 5.82 Å². The molecule has 1 aliphatic carbocycles. The molecule has 2 N–H and O–H groups in total. The summed E-state index contributed by atoms with van der Waals surface area (Å²) in [5.74, 6) is -0.170. The van der Waals surface area contributed by atoms with Crippen LogP contribution in [-0.4, -0.2) is 11.3 Å². The van der Waals surface area contributed by atoms with Crippen molar-refractivity contribution in [3.63, 3.8) is 0 Å². The van der Waals surface area contributed by atoms with Gasteiger partial charge in [0.15, 0.2) is 0 Å². The van der Waals surface area contributed by atoms with Gasteiger partial charge in [-0.05, 0) is 37.1 Å². The normalized spacial score (nSPS) is 26.2. The van der Waals surface area contributed by atoms with Crippen LogP contribution in [0.3, 0.4) is 0 Å². The van der Waals surface area contributed by atoms with Crippen LogP contribution in [0, 0.1) is 5.82 Å². The Bertz CT molecular complexity index is 339. The van der Waals surface area contributed by atoms with E-state index in [1.165, 1.54) is 44.2 Å². The maximum Gasteiger partial charge on any atom is 0.123 e. The first-order valence-electron chi connectivity index (χ1n) is 6.43. The second-order valence-corrected chi connectivity index (χ2v) is 6.08. The molecule has 1 aromatic rings. The smallest absolute Gasteiger partial charge is 0.123 e. The van der Waals surface area contributed by atoms with E-state index in [1.54, 1.807) is 0 Å². The van der Waals surface area contributed by atoms with E-state index in [0.717, 1.165) is 11.3 Å². The number of hydrogen-bond acceptors (Lipinski definition) is 2. The number of thioether (sulfide) groups is 1. The van der Waals surface area contributed by atoms with Crippen molar-refractivity contribution in [1.82, 2.24) is 0 Å². The first-order chi connectivity index (χ1) is 8.25. The average Bonchev–Trinajstić information content (AvgIpc) is 2.31. The monoisotopic (exact) mass is 253 g/mol. The fourth-order valence-corrected chi connectivity index (χ4v) is 3.55. The van der Waals surface area contributed by atoms with Crippen LogP contribution in [0.1, 0.15) is 38.5 Å². The molecule has 94 valence electrons. The summed E-state index contributed by atoms with van der Waals surface area (Å²) < 4.78 is 12.8. The summed E-state index contributed by atoms with van der Waals surface area (Å²) in [6, 6.07) is 7.04. The highest BCUT2D eigenvalue weighted by Crippen LogP contribution is 2.31. The van der Waals surface area contributed by atoms with E-state index in [2.05, 4.69) is 0 Å². The highest BCUT2D eigenvalue weighted by molar-refractivity contribution is 8.00. The molecule has 2 unspecified atom stereocenters. The van der Waals surface area contributed by atoms with E-state index >= 15 is 0 Å². The third kappa shape index (κ3) is 4.00. The van der Waals surface area contributed by atoms with Gasteiger partial charge in [0.2, 0.25) is 0 Å². The Labute approximate surface area is 107 Å². The van der Waals surface area contributed by atoms with Crippen LogP contribution in [0.15, 0.2) is 29.2 Å². The van der Waals surface area contributed by atoms with Crippen molar-refractivity contribution in [3.05, 3.63) is 30.1 Å². The summed E-state index contributed by atoms with van der Waals surface area (Å²) in [4.78, 5) is 1.13. The number of halogens is 1. The Hall–Kier alpha value is -0.540. The molecule has 3 heteroatoms.